The number of aliphatic hydroxyl groups is 1. The maximum Gasteiger partial charge on any atom is 0.107 e. The molecule has 2 spiro atoms. The first-order chi connectivity index (χ1) is 15.0. The zero-order valence-corrected chi connectivity index (χ0v) is 21.7. The van der Waals surface area contributed by atoms with Gasteiger partial charge >= 0.3 is 0 Å². The molecule has 12 atom stereocenters. The third kappa shape index (κ3) is 2.26. The summed E-state index contributed by atoms with van der Waals surface area (Å²) in [6.45, 7) is 13.2. The van der Waals surface area contributed by atoms with Crippen LogP contribution in [0, 0.1) is 44.8 Å². The lowest BCUT2D eigenvalue weighted by molar-refractivity contribution is -0.227. The van der Waals surface area contributed by atoms with Gasteiger partial charge in [0.25, 0.3) is 0 Å². The molecule has 4 nitrogen and oxygen atoms in total. The van der Waals surface area contributed by atoms with Gasteiger partial charge in [0.1, 0.15) is 6.23 Å². The largest absolute Gasteiger partial charge is 0.393 e. The molecule has 6 aliphatic rings. The number of rotatable bonds is 2. The maximum atomic E-state index is 11.4. The third-order valence-electron chi connectivity index (χ3n) is 13.6. The van der Waals surface area contributed by atoms with Crippen molar-refractivity contribution < 1.29 is 9.84 Å². The molecule has 0 amide bonds. The van der Waals surface area contributed by atoms with Crippen LogP contribution in [0.4, 0.5) is 0 Å². The standard InChI is InChI=1S/C28H48N2O2/c1-17(29-6)23-19(31)14-26(5)21-9-8-20-24(3)16-32-18(2)30(7)22(24)10-11-27(20)15-28(21,27)13-12-25(23,26)4/h17-23,29,31H,8-16H2,1-7H3. The molecule has 4 heteroatoms. The molecule has 6 fully saturated rings. The van der Waals surface area contributed by atoms with Crippen molar-refractivity contribution in [2.24, 2.45) is 44.8 Å². The quantitative estimate of drug-likeness (QED) is 0.650. The van der Waals surface area contributed by atoms with E-state index in [0.717, 1.165) is 24.9 Å². The van der Waals surface area contributed by atoms with E-state index in [1.165, 1.54) is 44.9 Å². The van der Waals surface area contributed by atoms with Gasteiger partial charge in [-0.1, -0.05) is 20.8 Å². The lowest BCUT2D eigenvalue weighted by atomic mass is 9.41. The molecule has 2 N–H and O–H groups in total. The molecule has 0 aromatic carbocycles. The van der Waals surface area contributed by atoms with Gasteiger partial charge in [0.15, 0.2) is 0 Å². The minimum atomic E-state index is -0.162. The van der Waals surface area contributed by atoms with Gasteiger partial charge in [-0.3, -0.25) is 4.90 Å². The van der Waals surface area contributed by atoms with Crippen molar-refractivity contribution in [1.82, 2.24) is 10.2 Å². The molecule has 0 aromatic rings. The van der Waals surface area contributed by atoms with Crippen LogP contribution in [0.15, 0.2) is 0 Å². The van der Waals surface area contributed by atoms with Crippen molar-refractivity contribution in [3.05, 3.63) is 0 Å². The van der Waals surface area contributed by atoms with Crippen LogP contribution in [0.25, 0.3) is 0 Å². The van der Waals surface area contributed by atoms with Crippen molar-refractivity contribution in [3.63, 3.8) is 0 Å². The van der Waals surface area contributed by atoms with E-state index in [1.54, 1.807) is 0 Å². The summed E-state index contributed by atoms with van der Waals surface area (Å²) in [7, 11) is 4.38. The fraction of sp³-hybridized carbons (Fsp3) is 1.00. The van der Waals surface area contributed by atoms with Crippen LogP contribution >= 0.6 is 0 Å². The first kappa shape index (κ1) is 22.3. The molecular weight excluding hydrogens is 396 g/mol. The van der Waals surface area contributed by atoms with E-state index in [-0.39, 0.29) is 23.2 Å². The van der Waals surface area contributed by atoms with Crippen molar-refractivity contribution in [3.8, 4) is 0 Å². The Labute approximate surface area is 196 Å². The van der Waals surface area contributed by atoms with Gasteiger partial charge in [-0.25, -0.2) is 0 Å². The highest BCUT2D eigenvalue weighted by Gasteiger charge is 2.83. The number of hydrogen-bond donors (Lipinski definition) is 2. The zero-order valence-electron chi connectivity index (χ0n) is 21.7. The molecule has 1 saturated heterocycles. The molecular formula is C28H48N2O2. The van der Waals surface area contributed by atoms with Crippen LogP contribution in [0.1, 0.15) is 86.0 Å². The number of nitrogens with zero attached hydrogens (tertiary/aromatic N) is 1. The highest BCUT2D eigenvalue weighted by Crippen LogP contribution is 2.89. The van der Waals surface area contributed by atoms with Crippen molar-refractivity contribution in [2.45, 2.75) is 110 Å². The van der Waals surface area contributed by atoms with E-state index in [4.69, 9.17) is 4.74 Å². The summed E-state index contributed by atoms with van der Waals surface area (Å²) >= 11 is 0. The number of ether oxygens (including phenoxy) is 1. The van der Waals surface area contributed by atoms with Crippen LogP contribution in [0.3, 0.4) is 0 Å². The van der Waals surface area contributed by atoms with E-state index in [0.29, 0.717) is 34.2 Å². The Morgan fingerprint density at radius 3 is 2.41 bits per heavy atom. The van der Waals surface area contributed by atoms with Crippen LogP contribution < -0.4 is 5.32 Å². The molecule has 6 rings (SSSR count). The summed E-state index contributed by atoms with van der Waals surface area (Å²) in [5, 5.41) is 14.9. The number of nitrogens with one attached hydrogen (secondary N) is 1. The fourth-order valence-corrected chi connectivity index (χ4v) is 11.9. The maximum absolute atomic E-state index is 11.4. The Kier molecular flexibility index (Phi) is 4.55. The Morgan fingerprint density at radius 1 is 1.00 bits per heavy atom. The monoisotopic (exact) mass is 444 g/mol. The molecule has 182 valence electrons. The van der Waals surface area contributed by atoms with E-state index in [9.17, 15) is 5.11 Å². The molecule has 1 aliphatic heterocycles. The van der Waals surface area contributed by atoms with Crippen molar-refractivity contribution in [2.75, 3.05) is 20.7 Å². The van der Waals surface area contributed by atoms with Gasteiger partial charge in [0.05, 0.1) is 12.7 Å². The highest BCUT2D eigenvalue weighted by molar-refractivity contribution is 5.32. The predicted molar refractivity (Wildman–Crippen MR) is 128 cm³/mol. The van der Waals surface area contributed by atoms with Crippen LogP contribution in [-0.4, -0.2) is 55.1 Å². The van der Waals surface area contributed by atoms with Crippen LogP contribution in [0.5, 0.6) is 0 Å². The molecule has 5 saturated carbocycles. The Balaban J connectivity index is 1.36. The lowest BCUT2D eigenvalue weighted by Crippen LogP contribution is -2.65. The minimum absolute atomic E-state index is 0.162. The van der Waals surface area contributed by atoms with E-state index < -0.39 is 0 Å². The average molecular weight is 445 g/mol. The summed E-state index contributed by atoms with van der Waals surface area (Å²) in [6.07, 6.45) is 10.8. The minimum Gasteiger partial charge on any atom is -0.393 e. The zero-order chi connectivity index (χ0) is 22.9. The van der Waals surface area contributed by atoms with E-state index >= 15 is 0 Å². The van der Waals surface area contributed by atoms with Crippen molar-refractivity contribution in [1.29, 1.82) is 0 Å². The number of aliphatic hydroxyl groups excluding tert-OH is 1. The van der Waals surface area contributed by atoms with Gasteiger partial charge in [-0.05, 0) is 113 Å². The Morgan fingerprint density at radius 2 is 1.69 bits per heavy atom. The molecule has 1 heterocycles. The van der Waals surface area contributed by atoms with Crippen LogP contribution in [-0.2, 0) is 4.74 Å². The number of hydrogen-bond acceptors (Lipinski definition) is 4. The predicted octanol–water partition coefficient (Wildman–Crippen LogP) is 4.66. The summed E-state index contributed by atoms with van der Waals surface area (Å²) < 4.78 is 6.37. The summed E-state index contributed by atoms with van der Waals surface area (Å²) in [5.74, 6) is 1.97. The molecule has 0 aromatic heterocycles. The topological polar surface area (TPSA) is 44.7 Å². The average Bonchev–Trinajstić information content (AvgIpc) is 3.35. The van der Waals surface area contributed by atoms with Crippen molar-refractivity contribution >= 4 is 0 Å². The SMILES string of the molecule is CNC(C)C1C(O)CC2(C)C3CCC4C5(C)COC(C)N(C)C5CCC45CC35CCC12C. The normalized spacial score (nSPS) is 62.2. The Hall–Kier alpha value is -0.160. The lowest BCUT2D eigenvalue weighted by Gasteiger charge is -2.65. The highest BCUT2D eigenvalue weighted by atomic mass is 16.5. The van der Waals surface area contributed by atoms with E-state index in [1.807, 2.05) is 0 Å². The van der Waals surface area contributed by atoms with Gasteiger partial charge in [0.2, 0.25) is 0 Å². The molecule has 5 aliphatic carbocycles. The summed E-state index contributed by atoms with van der Waals surface area (Å²) in [4.78, 5) is 2.55. The fourth-order valence-electron chi connectivity index (χ4n) is 11.9. The van der Waals surface area contributed by atoms with Gasteiger partial charge < -0.3 is 15.2 Å². The smallest absolute Gasteiger partial charge is 0.107 e. The number of fused-ring (bicyclic) bond motifs is 4. The molecule has 12 unspecified atom stereocenters. The summed E-state index contributed by atoms with van der Waals surface area (Å²) in [5.41, 5.74) is 1.90. The van der Waals surface area contributed by atoms with Gasteiger partial charge in [-0.2, -0.15) is 0 Å². The third-order valence-corrected chi connectivity index (χ3v) is 13.6. The molecule has 32 heavy (non-hydrogen) atoms. The van der Waals surface area contributed by atoms with Gasteiger partial charge in [-0.15, -0.1) is 0 Å². The Bertz CT molecular complexity index is 804. The first-order valence-electron chi connectivity index (χ1n) is 13.7. The summed E-state index contributed by atoms with van der Waals surface area (Å²) in [6, 6.07) is 1.05. The second-order valence-electron chi connectivity index (χ2n) is 14.0. The van der Waals surface area contributed by atoms with Gasteiger partial charge in [0, 0.05) is 23.4 Å². The molecule has 0 radical (unpaired) electrons. The second kappa shape index (κ2) is 6.53. The van der Waals surface area contributed by atoms with E-state index in [2.05, 4.69) is 58.9 Å². The van der Waals surface area contributed by atoms with Crippen LogP contribution in [0.2, 0.25) is 0 Å². The molecule has 0 bridgehead atoms. The first-order valence-corrected chi connectivity index (χ1v) is 13.7. The second-order valence-corrected chi connectivity index (χ2v) is 14.0.